The quantitative estimate of drug-likeness (QED) is 0.416. The lowest BCUT2D eigenvalue weighted by molar-refractivity contribution is -0.00813. The average molecular weight is 129 g/mol. The molecular weight excluding hydrogens is 114 g/mol. The molecule has 0 rings (SSSR count). The summed E-state index contributed by atoms with van der Waals surface area (Å²) in [5.41, 5.74) is 0. The molecule has 2 nitrogen and oxygen atoms in total. The van der Waals surface area contributed by atoms with E-state index in [9.17, 15) is 0 Å². The van der Waals surface area contributed by atoms with Crippen LogP contribution >= 0.6 is 0 Å². The smallest absolute Gasteiger partial charge is 0.107 e. The zero-order valence-electron chi connectivity index (χ0n) is 6.42. The summed E-state index contributed by atoms with van der Waals surface area (Å²) < 4.78 is 5.26. The van der Waals surface area contributed by atoms with Crippen LogP contribution in [0.15, 0.2) is 12.7 Å². The van der Waals surface area contributed by atoms with Crippen molar-refractivity contribution in [3.63, 3.8) is 0 Å². The molecule has 0 aliphatic carbocycles. The van der Waals surface area contributed by atoms with E-state index >= 15 is 0 Å². The first-order chi connectivity index (χ1) is 4.18. The molecule has 1 unspecified atom stereocenters. The standard InChI is InChI=1S/C7H15NO/c1-5-6-9-7(2)8(3)4/h5,7H,1,6H2,2-4H3. The molecule has 9 heavy (non-hydrogen) atoms. The lowest BCUT2D eigenvalue weighted by Gasteiger charge is -2.18. The first-order valence-corrected chi connectivity index (χ1v) is 3.07. The fourth-order valence-electron chi connectivity index (χ4n) is 0.356. The van der Waals surface area contributed by atoms with Gasteiger partial charge in [-0.2, -0.15) is 0 Å². The predicted molar refractivity (Wildman–Crippen MR) is 39.3 cm³/mol. The third-order valence-electron chi connectivity index (χ3n) is 1.18. The average Bonchev–Trinajstić information content (AvgIpc) is 1.82. The van der Waals surface area contributed by atoms with Gasteiger partial charge in [0, 0.05) is 0 Å². The molecule has 0 radical (unpaired) electrons. The molecule has 0 bridgehead atoms. The van der Waals surface area contributed by atoms with Crippen LogP contribution in [0.2, 0.25) is 0 Å². The molecular formula is C7H15NO. The Bertz CT molecular complexity index is 81.0. The minimum atomic E-state index is 0.183. The van der Waals surface area contributed by atoms with Crippen LogP contribution in [0.4, 0.5) is 0 Å². The molecule has 0 heterocycles. The highest BCUT2D eigenvalue weighted by Gasteiger charge is 2.00. The number of hydrogen-bond acceptors (Lipinski definition) is 2. The third-order valence-corrected chi connectivity index (χ3v) is 1.18. The van der Waals surface area contributed by atoms with Crippen LogP contribution in [0.3, 0.4) is 0 Å². The Hall–Kier alpha value is -0.340. The summed E-state index contributed by atoms with van der Waals surface area (Å²) in [5.74, 6) is 0. The summed E-state index contributed by atoms with van der Waals surface area (Å²) in [6.45, 7) is 6.18. The summed E-state index contributed by atoms with van der Waals surface area (Å²) >= 11 is 0. The van der Waals surface area contributed by atoms with Crippen molar-refractivity contribution in [1.82, 2.24) is 4.90 Å². The molecule has 54 valence electrons. The largest absolute Gasteiger partial charge is 0.359 e. The molecule has 1 atom stereocenters. The summed E-state index contributed by atoms with van der Waals surface area (Å²) in [4.78, 5) is 2.00. The summed E-state index contributed by atoms with van der Waals surface area (Å²) in [5, 5.41) is 0. The van der Waals surface area contributed by atoms with Gasteiger partial charge in [-0.1, -0.05) is 6.08 Å². The second-order valence-electron chi connectivity index (χ2n) is 2.18. The molecule has 0 saturated carbocycles. The highest BCUT2D eigenvalue weighted by molar-refractivity contribution is 4.64. The van der Waals surface area contributed by atoms with E-state index in [0.29, 0.717) is 6.61 Å². The normalized spacial score (nSPS) is 13.8. The van der Waals surface area contributed by atoms with Crippen LogP contribution < -0.4 is 0 Å². The predicted octanol–water partition coefficient (Wildman–Crippen LogP) is 1.10. The number of ether oxygens (including phenoxy) is 1. The minimum Gasteiger partial charge on any atom is -0.359 e. The van der Waals surface area contributed by atoms with E-state index in [0.717, 1.165) is 0 Å². The van der Waals surface area contributed by atoms with E-state index in [1.54, 1.807) is 6.08 Å². The zero-order valence-corrected chi connectivity index (χ0v) is 6.42. The highest BCUT2D eigenvalue weighted by atomic mass is 16.5. The van der Waals surface area contributed by atoms with Gasteiger partial charge in [0.05, 0.1) is 6.61 Å². The molecule has 0 saturated heterocycles. The van der Waals surface area contributed by atoms with Crippen molar-refractivity contribution in [3.8, 4) is 0 Å². The van der Waals surface area contributed by atoms with Crippen molar-refractivity contribution in [2.24, 2.45) is 0 Å². The van der Waals surface area contributed by atoms with Crippen molar-refractivity contribution >= 4 is 0 Å². The summed E-state index contributed by atoms with van der Waals surface area (Å²) in [6.07, 6.45) is 1.93. The fraction of sp³-hybridized carbons (Fsp3) is 0.714. The molecule has 0 spiro atoms. The van der Waals surface area contributed by atoms with Crippen molar-refractivity contribution in [3.05, 3.63) is 12.7 Å². The van der Waals surface area contributed by atoms with Gasteiger partial charge >= 0.3 is 0 Å². The van der Waals surface area contributed by atoms with Gasteiger partial charge in [-0.25, -0.2) is 0 Å². The van der Waals surface area contributed by atoms with E-state index in [4.69, 9.17) is 4.74 Å². The van der Waals surface area contributed by atoms with Crippen LogP contribution in [-0.4, -0.2) is 31.8 Å². The summed E-state index contributed by atoms with van der Waals surface area (Å²) in [6, 6.07) is 0. The van der Waals surface area contributed by atoms with Gasteiger partial charge in [0.2, 0.25) is 0 Å². The Morgan fingerprint density at radius 3 is 2.56 bits per heavy atom. The van der Waals surface area contributed by atoms with Crippen molar-refractivity contribution in [2.75, 3.05) is 20.7 Å². The van der Waals surface area contributed by atoms with Crippen LogP contribution in [0.5, 0.6) is 0 Å². The Morgan fingerprint density at radius 1 is 1.67 bits per heavy atom. The molecule has 0 aromatic rings. The maximum atomic E-state index is 5.26. The Morgan fingerprint density at radius 2 is 2.22 bits per heavy atom. The molecule has 0 fully saturated rings. The number of rotatable bonds is 4. The molecule has 2 heteroatoms. The fourth-order valence-corrected chi connectivity index (χ4v) is 0.356. The molecule has 0 aliphatic rings. The van der Waals surface area contributed by atoms with E-state index in [-0.39, 0.29) is 6.23 Å². The van der Waals surface area contributed by atoms with E-state index < -0.39 is 0 Å². The van der Waals surface area contributed by atoms with Gasteiger partial charge in [-0.15, -0.1) is 6.58 Å². The maximum absolute atomic E-state index is 5.26. The van der Waals surface area contributed by atoms with Crippen LogP contribution in [0.1, 0.15) is 6.92 Å². The van der Waals surface area contributed by atoms with Gasteiger partial charge in [0.15, 0.2) is 0 Å². The molecule has 0 aromatic carbocycles. The van der Waals surface area contributed by atoms with E-state index in [1.807, 2.05) is 25.9 Å². The van der Waals surface area contributed by atoms with Gasteiger partial charge in [0.25, 0.3) is 0 Å². The Kier molecular flexibility index (Phi) is 4.36. The molecule has 0 aromatic heterocycles. The second-order valence-corrected chi connectivity index (χ2v) is 2.18. The lowest BCUT2D eigenvalue weighted by Crippen LogP contribution is -2.27. The van der Waals surface area contributed by atoms with E-state index in [2.05, 4.69) is 6.58 Å². The number of hydrogen-bond donors (Lipinski definition) is 0. The third kappa shape index (κ3) is 4.18. The monoisotopic (exact) mass is 129 g/mol. The Labute approximate surface area is 57.1 Å². The minimum absolute atomic E-state index is 0.183. The van der Waals surface area contributed by atoms with E-state index in [1.165, 1.54) is 0 Å². The first-order valence-electron chi connectivity index (χ1n) is 3.07. The summed E-state index contributed by atoms with van der Waals surface area (Å²) in [7, 11) is 3.96. The van der Waals surface area contributed by atoms with Gasteiger partial charge < -0.3 is 4.74 Å². The van der Waals surface area contributed by atoms with Crippen molar-refractivity contribution in [1.29, 1.82) is 0 Å². The molecule has 0 aliphatic heterocycles. The van der Waals surface area contributed by atoms with Crippen LogP contribution in [0, 0.1) is 0 Å². The Balaban J connectivity index is 3.26. The lowest BCUT2D eigenvalue weighted by atomic mass is 10.6. The van der Waals surface area contributed by atoms with Crippen LogP contribution in [0.25, 0.3) is 0 Å². The number of nitrogens with zero attached hydrogens (tertiary/aromatic N) is 1. The highest BCUT2D eigenvalue weighted by Crippen LogP contribution is 1.92. The van der Waals surface area contributed by atoms with Gasteiger partial charge in [-0.05, 0) is 21.0 Å². The molecule has 0 N–H and O–H groups in total. The van der Waals surface area contributed by atoms with Crippen molar-refractivity contribution in [2.45, 2.75) is 13.2 Å². The molecule has 0 amide bonds. The second kappa shape index (κ2) is 4.53. The SMILES string of the molecule is C=CCOC(C)N(C)C. The van der Waals surface area contributed by atoms with Gasteiger partial charge in [-0.3, -0.25) is 4.90 Å². The zero-order chi connectivity index (χ0) is 7.28. The first kappa shape index (κ1) is 8.66. The van der Waals surface area contributed by atoms with Crippen LogP contribution in [-0.2, 0) is 4.74 Å². The topological polar surface area (TPSA) is 12.5 Å². The maximum Gasteiger partial charge on any atom is 0.107 e. The van der Waals surface area contributed by atoms with Gasteiger partial charge in [0.1, 0.15) is 6.23 Å². The van der Waals surface area contributed by atoms with Crippen molar-refractivity contribution < 1.29 is 4.74 Å².